The van der Waals surface area contributed by atoms with Crippen molar-refractivity contribution in [3.63, 3.8) is 0 Å². The molecule has 0 heterocycles. The second kappa shape index (κ2) is 4.58. The van der Waals surface area contributed by atoms with Gasteiger partial charge >= 0.3 is 5.97 Å². The van der Waals surface area contributed by atoms with Crippen LogP contribution in [-0.2, 0) is 9.53 Å². The van der Waals surface area contributed by atoms with Gasteiger partial charge in [0.1, 0.15) is 0 Å². The highest BCUT2D eigenvalue weighted by Crippen LogP contribution is 2.67. The first-order valence-corrected chi connectivity index (χ1v) is 8.46. The average molecular weight is 290 g/mol. The number of aliphatic hydroxyl groups excluding tert-OH is 1. The smallest absolute Gasteiger partial charge is 0.309 e. The molecule has 3 heteroatoms. The first-order chi connectivity index (χ1) is 10.00. The van der Waals surface area contributed by atoms with Crippen molar-refractivity contribution < 1.29 is 14.6 Å². The van der Waals surface area contributed by atoms with E-state index in [2.05, 4.69) is 12.2 Å². The van der Waals surface area contributed by atoms with Crippen LogP contribution in [0, 0.1) is 46.8 Å². The lowest BCUT2D eigenvalue weighted by Crippen LogP contribution is -2.36. The zero-order valence-corrected chi connectivity index (χ0v) is 13.0. The standard InChI is InChI=1S/C18H26O3/c1-18(2,8-19)9-21-17(20)14-7-12-6-13(14)16-11-4-3-10(5-11)15(12)16/h3-4,10-16,19H,5-9H2,1-2H3. The van der Waals surface area contributed by atoms with E-state index in [1.165, 1.54) is 12.8 Å². The van der Waals surface area contributed by atoms with E-state index in [9.17, 15) is 9.90 Å². The number of rotatable bonds is 4. The van der Waals surface area contributed by atoms with Gasteiger partial charge in [0.25, 0.3) is 0 Å². The van der Waals surface area contributed by atoms with Crippen molar-refractivity contribution in [2.24, 2.45) is 46.8 Å². The van der Waals surface area contributed by atoms with Crippen LogP contribution in [0.15, 0.2) is 12.2 Å². The third-order valence-corrected chi connectivity index (χ3v) is 6.61. The third-order valence-electron chi connectivity index (χ3n) is 6.61. The van der Waals surface area contributed by atoms with Crippen molar-refractivity contribution in [3.05, 3.63) is 12.2 Å². The Labute approximate surface area is 126 Å². The summed E-state index contributed by atoms with van der Waals surface area (Å²) >= 11 is 0. The minimum atomic E-state index is -0.328. The summed E-state index contributed by atoms with van der Waals surface area (Å²) in [6, 6.07) is 0. The fourth-order valence-electron chi connectivity index (χ4n) is 5.71. The highest BCUT2D eigenvalue weighted by atomic mass is 16.5. The number of carbonyl (C=O) groups is 1. The fourth-order valence-corrected chi connectivity index (χ4v) is 5.71. The Bertz CT molecular complexity index is 481. The van der Waals surface area contributed by atoms with E-state index < -0.39 is 0 Å². The normalized spacial score (nSPS) is 46.1. The number of aliphatic hydroxyl groups is 1. The molecule has 0 spiro atoms. The molecule has 0 amide bonds. The van der Waals surface area contributed by atoms with Crippen LogP contribution in [0.25, 0.3) is 0 Å². The van der Waals surface area contributed by atoms with Gasteiger partial charge in [-0.2, -0.15) is 0 Å². The monoisotopic (exact) mass is 290 g/mol. The molecule has 0 aromatic carbocycles. The van der Waals surface area contributed by atoms with Gasteiger partial charge in [-0.3, -0.25) is 4.79 Å². The first-order valence-electron chi connectivity index (χ1n) is 8.46. The molecule has 0 radical (unpaired) electrons. The van der Waals surface area contributed by atoms with Crippen LogP contribution < -0.4 is 0 Å². The van der Waals surface area contributed by atoms with Gasteiger partial charge in [-0.05, 0) is 54.8 Å². The summed E-state index contributed by atoms with van der Waals surface area (Å²) < 4.78 is 5.55. The van der Waals surface area contributed by atoms with Gasteiger partial charge in [0, 0.05) is 5.41 Å². The van der Waals surface area contributed by atoms with E-state index >= 15 is 0 Å². The van der Waals surface area contributed by atoms with Gasteiger partial charge in [0.2, 0.25) is 0 Å². The number of fused-ring (bicyclic) bond motifs is 9. The summed E-state index contributed by atoms with van der Waals surface area (Å²) in [7, 11) is 0. The van der Waals surface area contributed by atoms with E-state index in [1.807, 2.05) is 13.8 Å². The molecule has 3 saturated carbocycles. The molecule has 3 nitrogen and oxygen atoms in total. The molecule has 4 bridgehead atoms. The number of allylic oxidation sites excluding steroid dienone is 2. The Hall–Kier alpha value is -0.830. The highest BCUT2D eigenvalue weighted by Gasteiger charge is 2.62. The van der Waals surface area contributed by atoms with E-state index in [0.29, 0.717) is 12.5 Å². The lowest BCUT2D eigenvalue weighted by molar-refractivity contribution is -0.155. The van der Waals surface area contributed by atoms with E-state index in [4.69, 9.17) is 4.74 Å². The molecule has 0 saturated heterocycles. The molecule has 4 aliphatic rings. The quantitative estimate of drug-likeness (QED) is 0.492. The fraction of sp³-hybridized carbons (Fsp3) is 0.833. The molecule has 116 valence electrons. The molecule has 7 unspecified atom stereocenters. The first kappa shape index (κ1) is 13.8. The molecular formula is C18H26O3. The van der Waals surface area contributed by atoms with Crippen molar-refractivity contribution >= 4 is 5.97 Å². The maximum atomic E-state index is 12.5. The van der Waals surface area contributed by atoms with Gasteiger partial charge in [-0.1, -0.05) is 26.0 Å². The third kappa shape index (κ3) is 2.00. The SMILES string of the molecule is CC(C)(CO)COC(=O)C1CC2CC1C1C3C=CC(C3)C21. The zero-order valence-electron chi connectivity index (χ0n) is 13.0. The van der Waals surface area contributed by atoms with Crippen molar-refractivity contribution in [2.45, 2.75) is 33.1 Å². The molecule has 4 rings (SSSR count). The lowest BCUT2D eigenvalue weighted by atomic mass is 9.69. The average Bonchev–Trinajstić information content (AvgIpc) is 3.21. The van der Waals surface area contributed by atoms with Gasteiger partial charge in [-0.15, -0.1) is 0 Å². The molecular weight excluding hydrogens is 264 g/mol. The predicted octanol–water partition coefficient (Wildman–Crippen LogP) is 2.64. The van der Waals surface area contributed by atoms with Crippen molar-refractivity contribution in [1.29, 1.82) is 0 Å². The lowest BCUT2D eigenvalue weighted by Gasteiger charge is -2.36. The van der Waals surface area contributed by atoms with Gasteiger partial charge in [0.05, 0.1) is 19.1 Å². The summed E-state index contributed by atoms with van der Waals surface area (Å²) in [4.78, 5) is 12.5. The Balaban J connectivity index is 1.42. The van der Waals surface area contributed by atoms with Gasteiger partial charge < -0.3 is 9.84 Å². The van der Waals surface area contributed by atoms with Crippen molar-refractivity contribution in [3.8, 4) is 0 Å². The Morgan fingerprint density at radius 3 is 2.62 bits per heavy atom. The van der Waals surface area contributed by atoms with Crippen LogP contribution in [0.4, 0.5) is 0 Å². The summed E-state index contributed by atoms with van der Waals surface area (Å²) in [5.41, 5.74) is -0.328. The molecule has 0 aliphatic heterocycles. The number of ether oxygens (including phenoxy) is 1. The van der Waals surface area contributed by atoms with Crippen LogP contribution in [0.5, 0.6) is 0 Å². The maximum absolute atomic E-state index is 12.5. The maximum Gasteiger partial charge on any atom is 0.309 e. The molecule has 0 aromatic heterocycles. The summed E-state index contributed by atoms with van der Waals surface area (Å²) in [5.74, 6) is 4.59. The van der Waals surface area contributed by atoms with Crippen molar-refractivity contribution in [1.82, 2.24) is 0 Å². The van der Waals surface area contributed by atoms with E-state index in [-0.39, 0.29) is 23.9 Å². The topological polar surface area (TPSA) is 46.5 Å². The summed E-state index contributed by atoms with van der Waals surface area (Å²) in [6.07, 6.45) is 8.46. The van der Waals surface area contributed by atoms with Crippen molar-refractivity contribution in [2.75, 3.05) is 13.2 Å². The van der Waals surface area contributed by atoms with Crippen LogP contribution in [-0.4, -0.2) is 24.3 Å². The number of carbonyl (C=O) groups excluding carboxylic acids is 1. The molecule has 7 atom stereocenters. The Kier molecular flexibility index (Phi) is 3.01. The largest absolute Gasteiger partial charge is 0.465 e. The Morgan fingerprint density at radius 2 is 1.90 bits per heavy atom. The molecule has 21 heavy (non-hydrogen) atoms. The van der Waals surface area contributed by atoms with E-state index in [0.717, 1.165) is 36.0 Å². The molecule has 3 fully saturated rings. The van der Waals surface area contributed by atoms with Crippen LogP contribution in [0.1, 0.15) is 33.1 Å². The second-order valence-corrected chi connectivity index (χ2v) is 8.53. The molecule has 0 aromatic rings. The number of esters is 1. The van der Waals surface area contributed by atoms with E-state index in [1.54, 1.807) is 0 Å². The summed E-state index contributed by atoms with van der Waals surface area (Å²) in [6.45, 7) is 4.24. The second-order valence-electron chi connectivity index (χ2n) is 8.53. The van der Waals surface area contributed by atoms with Crippen LogP contribution in [0.2, 0.25) is 0 Å². The molecule has 1 N–H and O–H groups in total. The van der Waals surface area contributed by atoms with Gasteiger partial charge in [0.15, 0.2) is 0 Å². The highest BCUT2D eigenvalue weighted by molar-refractivity contribution is 5.73. The zero-order chi connectivity index (χ0) is 14.8. The van der Waals surface area contributed by atoms with Crippen LogP contribution >= 0.6 is 0 Å². The van der Waals surface area contributed by atoms with Crippen LogP contribution in [0.3, 0.4) is 0 Å². The summed E-state index contributed by atoms with van der Waals surface area (Å²) in [5, 5.41) is 9.27. The number of hydrogen-bond donors (Lipinski definition) is 1. The number of hydrogen-bond acceptors (Lipinski definition) is 3. The predicted molar refractivity (Wildman–Crippen MR) is 79.2 cm³/mol. The molecule has 4 aliphatic carbocycles. The minimum Gasteiger partial charge on any atom is -0.465 e. The minimum absolute atomic E-state index is 0.00534. The Morgan fingerprint density at radius 1 is 1.19 bits per heavy atom. The van der Waals surface area contributed by atoms with Gasteiger partial charge in [-0.25, -0.2) is 0 Å².